The highest BCUT2D eigenvalue weighted by atomic mass is 32.2. The molecule has 0 heterocycles. The molecule has 4 aliphatic rings. The van der Waals surface area contributed by atoms with Crippen LogP contribution in [0, 0.1) is 17.8 Å². The number of aryl methyl sites for hydroxylation is 1. The standard InChI is InChI=1S/C18H25NO2S/c1-2-13-3-5-17(6-4-13)22(20,21)19-18-10-14-7-15(11-18)9-16(8-14)12-18/h3-6,14-16,19H,2,7-12H2,1H3. The van der Waals surface area contributed by atoms with Crippen LogP contribution in [0.1, 0.15) is 51.0 Å². The molecule has 0 spiro atoms. The molecule has 4 bridgehead atoms. The van der Waals surface area contributed by atoms with Gasteiger partial charge in [0.25, 0.3) is 0 Å². The molecule has 1 N–H and O–H groups in total. The molecule has 0 atom stereocenters. The summed E-state index contributed by atoms with van der Waals surface area (Å²) >= 11 is 0. The van der Waals surface area contributed by atoms with Crippen LogP contribution < -0.4 is 4.72 Å². The van der Waals surface area contributed by atoms with Crippen molar-refractivity contribution in [2.75, 3.05) is 0 Å². The minimum Gasteiger partial charge on any atom is -0.207 e. The van der Waals surface area contributed by atoms with Crippen LogP contribution in [0.3, 0.4) is 0 Å². The van der Waals surface area contributed by atoms with E-state index in [-0.39, 0.29) is 5.54 Å². The molecule has 120 valence electrons. The monoisotopic (exact) mass is 319 g/mol. The predicted molar refractivity (Wildman–Crippen MR) is 87.0 cm³/mol. The number of rotatable bonds is 4. The maximum Gasteiger partial charge on any atom is 0.241 e. The molecule has 4 fully saturated rings. The van der Waals surface area contributed by atoms with E-state index in [1.54, 1.807) is 12.1 Å². The van der Waals surface area contributed by atoms with Crippen LogP contribution in [0.25, 0.3) is 0 Å². The molecule has 4 saturated carbocycles. The summed E-state index contributed by atoms with van der Waals surface area (Å²) in [6.45, 7) is 2.08. The third-order valence-corrected chi connectivity index (χ3v) is 7.63. The van der Waals surface area contributed by atoms with Crippen molar-refractivity contribution in [3.8, 4) is 0 Å². The first kappa shape index (κ1) is 14.7. The zero-order valence-electron chi connectivity index (χ0n) is 13.2. The lowest BCUT2D eigenvalue weighted by atomic mass is 9.53. The summed E-state index contributed by atoms with van der Waals surface area (Å²) in [6, 6.07) is 7.35. The van der Waals surface area contributed by atoms with E-state index in [2.05, 4.69) is 11.6 Å². The van der Waals surface area contributed by atoms with Gasteiger partial charge in [-0.25, -0.2) is 13.1 Å². The van der Waals surface area contributed by atoms with E-state index in [9.17, 15) is 8.42 Å². The second-order valence-electron chi connectivity index (χ2n) is 7.80. The third kappa shape index (κ3) is 2.50. The van der Waals surface area contributed by atoms with Gasteiger partial charge >= 0.3 is 0 Å². The highest BCUT2D eigenvalue weighted by molar-refractivity contribution is 7.89. The van der Waals surface area contributed by atoms with Gasteiger partial charge in [0.15, 0.2) is 0 Å². The molecule has 3 nitrogen and oxygen atoms in total. The summed E-state index contributed by atoms with van der Waals surface area (Å²) in [6.07, 6.45) is 8.05. The Morgan fingerprint density at radius 1 is 1.00 bits per heavy atom. The molecule has 0 unspecified atom stereocenters. The zero-order chi connectivity index (χ0) is 15.4. The predicted octanol–water partition coefficient (Wildman–Crippen LogP) is 3.50. The van der Waals surface area contributed by atoms with Crippen molar-refractivity contribution in [3.05, 3.63) is 29.8 Å². The van der Waals surface area contributed by atoms with E-state index < -0.39 is 10.0 Å². The molecule has 0 aliphatic heterocycles. The second kappa shape index (κ2) is 5.07. The zero-order valence-corrected chi connectivity index (χ0v) is 14.0. The van der Waals surface area contributed by atoms with E-state index in [1.165, 1.54) is 24.8 Å². The van der Waals surface area contributed by atoms with E-state index in [1.807, 2.05) is 12.1 Å². The Labute approximate surface area is 133 Å². The average Bonchev–Trinajstić information content (AvgIpc) is 2.44. The van der Waals surface area contributed by atoms with Crippen LogP contribution in [-0.2, 0) is 16.4 Å². The van der Waals surface area contributed by atoms with Crippen molar-refractivity contribution in [2.24, 2.45) is 17.8 Å². The summed E-state index contributed by atoms with van der Waals surface area (Å²) in [5, 5.41) is 0. The Balaban J connectivity index is 1.59. The summed E-state index contributed by atoms with van der Waals surface area (Å²) in [5.41, 5.74) is 1.02. The fraction of sp³-hybridized carbons (Fsp3) is 0.667. The van der Waals surface area contributed by atoms with Crippen LogP contribution in [0.2, 0.25) is 0 Å². The fourth-order valence-electron chi connectivity index (χ4n) is 5.48. The summed E-state index contributed by atoms with van der Waals surface area (Å²) in [5.74, 6) is 2.24. The van der Waals surface area contributed by atoms with Gasteiger partial charge in [0.05, 0.1) is 4.90 Å². The van der Waals surface area contributed by atoms with Crippen LogP contribution in [0.15, 0.2) is 29.2 Å². The molecular formula is C18H25NO2S. The summed E-state index contributed by atoms with van der Waals surface area (Å²) < 4.78 is 28.7. The van der Waals surface area contributed by atoms with E-state index in [4.69, 9.17) is 0 Å². The number of nitrogens with one attached hydrogen (secondary N) is 1. The fourth-order valence-corrected chi connectivity index (χ4v) is 6.92. The topological polar surface area (TPSA) is 46.2 Å². The lowest BCUT2D eigenvalue weighted by molar-refractivity contribution is -0.00810. The Hall–Kier alpha value is -0.870. The Bertz CT molecular complexity index is 628. The minimum absolute atomic E-state index is 0.156. The van der Waals surface area contributed by atoms with E-state index in [0.29, 0.717) is 4.90 Å². The molecular weight excluding hydrogens is 294 g/mol. The number of benzene rings is 1. The van der Waals surface area contributed by atoms with Gasteiger partial charge in [-0.15, -0.1) is 0 Å². The molecule has 0 amide bonds. The average molecular weight is 319 g/mol. The van der Waals surface area contributed by atoms with Gasteiger partial charge in [-0.05, 0) is 80.4 Å². The Kier molecular flexibility index (Phi) is 3.39. The molecule has 5 rings (SSSR count). The first-order valence-electron chi connectivity index (χ1n) is 8.61. The molecule has 0 radical (unpaired) electrons. The van der Waals surface area contributed by atoms with Crippen molar-refractivity contribution in [2.45, 2.75) is 62.3 Å². The van der Waals surface area contributed by atoms with Gasteiger partial charge in [0.1, 0.15) is 0 Å². The molecule has 0 saturated heterocycles. The SMILES string of the molecule is CCc1ccc(S(=O)(=O)NC23CC4CC(CC(C4)C2)C3)cc1. The van der Waals surface area contributed by atoms with Crippen molar-refractivity contribution < 1.29 is 8.42 Å². The lowest BCUT2D eigenvalue weighted by Crippen LogP contribution is -2.59. The summed E-state index contributed by atoms with van der Waals surface area (Å²) in [7, 11) is -3.40. The lowest BCUT2D eigenvalue weighted by Gasteiger charge is -2.56. The van der Waals surface area contributed by atoms with E-state index >= 15 is 0 Å². The maximum atomic E-state index is 12.8. The van der Waals surface area contributed by atoms with Gasteiger partial charge in [-0.1, -0.05) is 19.1 Å². The largest absolute Gasteiger partial charge is 0.241 e. The van der Waals surface area contributed by atoms with Crippen LogP contribution in [0.4, 0.5) is 0 Å². The number of hydrogen-bond donors (Lipinski definition) is 1. The molecule has 0 aromatic heterocycles. The molecule has 1 aromatic carbocycles. The third-order valence-electron chi connectivity index (χ3n) is 6.03. The van der Waals surface area contributed by atoms with Crippen molar-refractivity contribution in [1.82, 2.24) is 4.72 Å². The quantitative estimate of drug-likeness (QED) is 0.923. The second-order valence-corrected chi connectivity index (χ2v) is 9.48. The van der Waals surface area contributed by atoms with Crippen LogP contribution >= 0.6 is 0 Å². The first-order valence-corrected chi connectivity index (χ1v) is 10.1. The smallest absolute Gasteiger partial charge is 0.207 e. The molecule has 4 aliphatic carbocycles. The van der Waals surface area contributed by atoms with Crippen LogP contribution in [0.5, 0.6) is 0 Å². The molecule has 4 heteroatoms. The van der Waals surface area contributed by atoms with Gasteiger partial charge in [-0.2, -0.15) is 0 Å². The summed E-state index contributed by atoms with van der Waals surface area (Å²) in [4.78, 5) is 0.417. The minimum atomic E-state index is -3.40. The number of hydrogen-bond acceptors (Lipinski definition) is 2. The van der Waals surface area contributed by atoms with Crippen molar-refractivity contribution in [3.63, 3.8) is 0 Å². The van der Waals surface area contributed by atoms with Crippen LogP contribution in [-0.4, -0.2) is 14.0 Å². The first-order chi connectivity index (χ1) is 10.5. The highest BCUT2D eigenvalue weighted by Crippen LogP contribution is 2.55. The van der Waals surface area contributed by atoms with E-state index in [0.717, 1.165) is 43.4 Å². The number of sulfonamides is 1. The van der Waals surface area contributed by atoms with Gasteiger partial charge in [0, 0.05) is 5.54 Å². The van der Waals surface area contributed by atoms with Gasteiger partial charge in [0.2, 0.25) is 10.0 Å². The highest BCUT2D eigenvalue weighted by Gasteiger charge is 2.52. The van der Waals surface area contributed by atoms with Crippen molar-refractivity contribution >= 4 is 10.0 Å². The Morgan fingerprint density at radius 3 is 1.95 bits per heavy atom. The molecule has 22 heavy (non-hydrogen) atoms. The van der Waals surface area contributed by atoms with Crippen molar-refractivity contribution in [1.29, 1.82) is 0 Å². The molecule has 1 aromatic rings. The Morgan fingerprint density at radius 2 is 1.50 bits per heavy atom. The maximum absolute atomic E-state index is 12.8. The van der Waals surface area contributed by atoms with Gasteiger partial charge < -0.3 is 0 Å². The van der Waals surface area contributed by atoms with Gasteiger partial charge in [-0.3, -0.25) is 0 Å². The normalized spacial score (nSPS) is 36.7.